The van der Waals surface area contributed by atoms with E-state index in [0.29, 0.717) is 16.5 Å². The number of halogens is 2. The maximum absolute atomic E-state index is 12.1. The van der Waals surface area contributed by atoms with Gasteiger partial charge in [-0.15, -0.1) is 0 Å². The summed E-state index contributed by atoms with van der Waals surface area (Å²) in [6.45, 7) is 3.51. The number of amides is 1. The van der Waals surface area contributed by atoms with Crippen LogP contribution in [0.5, 0.6) is 0 Å². The number of hydrogen-bond donors (Lipinski definition) is 2. The molecule has 0 aliphatic rings. The van der Waals surface area contributed by atoms with E-state index in [2.05, 4.69) is 5.32 Å². The Morgan fingerprint density at radius 1 is 1.32 bits per heavy atom. The molecule has 6 heteroatoms. The second kappa shape index (κ2) is 6.26. The van der Waals surface area contributed by atoms with Crippen LogP contribution >= 0.6 is 23.2 Å². The van der Waals surface area contributed by atoms with E-state index in [9.17, 15) is 9.59 Å². The zero-order valence-corrected chi connectivity index (χ0v) is 12.2. The van der Waals surface area contributed by atoms with Crippen molar-refractivity contribution in [2.45, 2.75) is 32.2 Å². The summed E-state index contributed by atoms with van der Waals surface area (Å²) in [6.07, 6.45) is 0.308. The molecule has 0 radical (unpaired) electrons. The van der Waals surface area contributed by atoms with E-state index >= 15 is 0 Å². The zero-order chi connectivity index (χ0) is 14.6. The fourth-order valence-corrected chi connectivity index (χ4v) is 1.90. The number of rotatable bonds is 5. The molecule has 0 heterocycles. The van der Waals surface area contributed by atoms with Crippen molar-refractivity contribution in [1.29, 1.82) is 0 Å². The minimum atomic E-state index is -0.900. The topological polar surface area (TPSA) is 66.4 Å². The van der Waals surface area contributed by atoms with Crippen LogP contribution in [0.25, 0.3) is 0 Å². The van der Waals surface area contributed by atoms with Gasteiger partial charge in [0.2, 0.25) is 0 Å². The third-order valence-electron chi connectivity index (χ3n) is 2.59. The minimum Gasteiger partial charge on any atom is -0.481 e. The van der Waals surface area contributed by atoms with Crippen LogP contribution in [0.15, 0.2) is 18.2 Å². The molecule has 1 aromatic carbocycles. The molecule has 0 aliphatic heterocycles. The zero-order valence-electron chi connectivity index (χ0n) is 10.7. The van der Waals surface area contributed by atoms with Crippen LogP contribution < -0.4 is 5.32 Å². The SMILES string of the molecule is CC(C)(CCC(=O)O)NC(=O)c1cc(Cl)ccc1Cl. The highest BCUT2D eigenvalue weighted by atomic mass is 35.5. The maximum Gasteiger partial charge on any atom is 0.303 e. The van der Waals surface area contributed by atoms with Crippen molar-refractivity contribution in [3.05, 3.63) is 33.8 Å². The first-order valence-corrected chi connectivity index (χ1v) is 6.46. The highest BCUT2D eigenvalue weighted by Crippen LogP contribution is 2.22. The maximum atomic E-state index is 12.1. The second-order valence-electron chi connectivity index (χ2n) is 4.86. The van der Waals surface area contributed by atoms with Crippen LogP contribution in [0, 0.1) is 0 Å². The molecule has 0 fully saturated rings. The van der Waals surface area contributed by atoms with Gasteiger partial charge in [-0.05, 0) is 38.5 Å². The molecule has 1 rings (SSSR count). The van der Waals surface area contributed by atoms with Crippen LogP contribution in [0.4, 0.5) is 0 Å². The lowest BCUT2D eigenvalue weighted by Crippen LogP contribution is -2.43. The Morgan fingerprint density at radius 2 is 1.95 bits per heavy atom. The average Bonchev–Trinajstić information content (AvgIpc) is 2.29. The normalized spacial score (nSPS) is 11.2. The summed E-state index contributed by atoms with van der Waals surface area (Å²) in [4.78, 5) is 22.6. The number of aliphatic carboxylic acids is 1. The lowest BCUT2D eigenvalue weighted by molar-refractivity contribution is -0.137. The summed E-state index contributed by atoms with van der Waals surface area (Å²) in [5.41, 5.74) is -0.362. The molecule has 0 unspecified atom stereocenters. The van der Waals surface area contributed by atoms with Crippen molar-refractivity contribution < 1.29 is 14.7 Å². The summed E-state index contributed by atoms with van der Waals surface area (Å²) in [5.74, 6) is -1.27. The summed E-state index contributed by atoms with van der Waals surface area (Å²) in [6, 6.07) is 4.62. The Hall–Kier alpha value is -1.26. The molecule has 2 N–H and O–H groups in total. The van der Waals surface area contributed by atoms with Crippen molar-refractivity contribution in [3.63, 3.8) is 0 Å². The number of nitrogens with one attached hydrogen (secondary N) is 1. The lowest BCUT2D eigenvalue weighted by Gasteiger charge is -2.25. The van der Waals surface area contributed by atoms with Gasteiger partial charge in [0, 0.05) is 17.0 Å². The third-order valence-corrected chi connectivity index (χ3v) is 3.15. The van der Waals surface area contributed by atoms with Gasteiger partial charge in [0.05, 0.1) is 10.6 Å². The van der Waals surface area contributed by atoms with Crippen molar-refractivity contribution in [2.75, 3.05) is 0 Å². The van der Waals surface area contributed by atoms with E-state index in [-0.39, 0.29) is 17.9 Å². The smallest absolute Gasteiger partial charge is 0.303 e. The molecule has 0 spiro atoms. The quantitative estimate of drug-likeness (QED) is 0.876. The van der Waals surface area contributed by atoms with Crippen molar-refractivity contribution in [1.82, 2.24) is 5.32 Å². The van der Waals surface area contributed by atoms with Crippen molar-refractivity contribution >= 4 is 35.1 Å². The Labute approximate surface area is 121 Å². The van der Waals surface area contributed by atoms with E-state index < -0.39 is 11.5 Å². The van der Waals surface area contributed by atoms with Crippen LogP contribution in [0.2, 0.25) is 10.0 Å². The van der Waals surface area contributed by atoms with E-state index in [4.69, 9.17) is 28.3 Å². The van der Waals surface area contributed by atoms with Gasteiger partial charge in [-0.1, -0.05) is 23.2 Å². The largest absolute Gasteiger partial charge is 0.481 e. The molecule has 0 saturated carbocycles. The number of carbonyl (C=O) groups excluding carboxylic acids is 1. The van der Waals surface area contributed by atoms with Crippen LogP contribution in [-0.4, -0.2) is 22.5 Å². The van der Waals surface area contributed by atoms with E-state index in [1.54, 1.807) is 26.0 Å². The first-order chi connectivity index (χ1) is 8.71. The molecule has 104 valence electrons. The Balaban J connectivity index is 2.78. The number of benzene rings is 1. The van der Waals surface area contributed by atoms with Crippen LogP contribution in [0.1, 0.15) is 37.0 Å². The van der Waals surface area contributed by atoms with E-state index in [1.165, 1.54) is 6.07 Å². The van der Waals surface area contributed by atoms with E-state index in [0.717, 1.165) is 0 Å². The van der Waals surface area contributed by atoms with Gasteiger partial charge in [0.1, 0.15) is 0 Å². The lowest BCUT2D eigenvalue weighted by atomic mass is 9.98. The Kier molecular flexibility index (Phi) is 5.20. The molecular formula is C13H15Cl2NO3. The van der Waals surface area contributed by atoms with Crippen molar-refractivity contribution in [2.24, 2.45) is 0 Å². The summed E-state index contributed by atoms with van der Waals surface area (Å²) >= 11 is 11.8. The van der Waals surface area contributed by atoms with E-state index in [1.807, 2.05) is 0 Å². The molecule has 1 aromatic rings. The van der Waals surface area contributed by atoms with Crippen LogP contribution in [0.3, 0.4) is 0 Å². The molecule has 0 aromatic heterocycles. The molecule has 19 heavy (non-hydrogen) atoms. The Morgan fingerprint density at radius 3 is 2.53 bits per heavy atom. The summed E-state index contributed by atoms with van der Waals surface area (Å²) in [7, 11) is 0. The molecule has 0 aliphatic carbocycles. The van der Waals surface area contributed by atoms with Crippen LogP contribution in [-0.2, 0) is 4.79 Å². The van der Waals surface area contributed by atoms with Gasteiger partial charge < -0.3 is 10.4 Å². The fraction of sp³-hybridized carbons (Fsp3) is 0.385. The Bertz CT molecular complexity index is 501. The highest BCUT2D eigenvalue weighted by molar-refractivity contribution is 6.35. The number of carbonyl (C=O) groups is 2. The number of hydrogen-bond acceptors (Lipinski definition) is 2. The fourth-order valence-electron chi connectivity index (χ4n) is 1.53. The molecule has 1 amide bonds. The van der Waals surface area contributed by atoms with Gasteiger partial charge in [-0.3, -0.25) is 9.59 Å². The van der Waals surface area contributed by atoms with Crippen molar-refractivity contribution in [3.8, 4) is 0 Å². The van der Waals surface area contributed by atoms with Gasteiger partial charge in [0.15, 0.2) is 0 Å². The molecule has 0 saturated heterocycles. The second-order valence-corrected chi connectivity index (χ2v) is 5.70. The molecule has 0 bridgehead atoms. The third kappa shape index (κ3) is 5.09. The van der Waals surface area contributed by atoms with Gasteiger partial charge >= 0.3 is 5.97 Å². The average molecular weight is 304 g/mol. The molecule has 0 atom stereocenters. The monoisotopic (exact) mass is 303 g/mol. The predicted molar refractivity (Wildman–Crippen MR) is 74.9 cm³/mol. The van der Waals surface area contributed by atoms with Gasteiger partial charge in [0.25, 0.3) is 5.91 Å². The number of carboxylic acids is 1. The predicted octanol–water partition coefficient (Wildman–Crippen LogP) is 3.37. The number of carboxylic acid groups (broad SMARTS) is 1. The molecular weight excluding hydrogens is 289 g/mol. The van der Waals surface area contributed by atoms with Gasteiger partial charge in [-0.25, -0.2) is 0 Å². The molecule has 4 nitrogen and oxygen atoms in total. The first-order valence-electron chi connectivity index (χ1n) is 5.70. The summed E-state index contributed by atoms with van der Waals surface area (Å²) < 4.78 is 0. The summed E-state index contributed by atoms with van der Waals surface area (Å²) in [5, 5.41) is 12.1. The minimum absolute atomic E-state index is 0.0173. The van der Waals surface area contributed by atoms with Gasteiger partial charge in [-0.2, -0.15) is 0 Å². The standard InChI is InChI=1S/C13H15Cl2NO3/c1-13(2,6-5-11(17)18)16-12(19)9-7-8(14)3-4-10(9)15/h3-4,7H,5-6H2,1-2H3,(H,16,19)(H,17,18). The highest BCUT2D eigenvalue weighted by Gasteiger charge is 2.23. The first kappa shape index (κ1) is 15.8.